The second kappa shape index (κ2) is 9.83. The molecule has 0 saturated carbocycles. The van der Waals surface area contributed by atoms with Crippen molar-refractivity contribution in [2.45, 2.75) is 13.0 Å². The topological polar surface area (TPSA) is 80.6 Å². The van der Waals surface area contributed by atoms with Gasteiger partial charge in [0, 0.05) is 18.2 Å². The van der Waals surface area contributed by atoms with E-state index in [2.05, 4.69) is 5.32 Å². The van der Waals surface area contributed by atoms with Gasteiger partial charge in [-0.25, -0.2) is 0 Å². The number of nitrogens with one attached hydrogen (secondary N) is 1. The van der Waals surface area contributed by atoms with Crippen molar-refractivity contribution >= 4 is 5.91 Å². The fourth-order valence-corrected chi connectivity index (χ4v) is 2.12. The average Bonchev–Trinajstić information content (AvgIpc) is 2.65. The van der Waals surface area contributed by atoms with E-state index in [9.17, 15) is 4.79 Å². The highest BCUT2D eigenvalue weighted by atomic mass is 16.5. The van der Waals surface area contributed by atoms with E-state index in [1.807, 2.05) is 48.5 Å². The van der Waals surface area contributed by atoms with Crippen molar-refractivity contribution < 1.29 is 19.0 Å². The van der Waals surface area contributed by atoms with Crippen molar-refractivity contribution in [3.05, 3.63) is 54.1 Å². The monoisotopic (exact) mass is 340 g/mol. The van der Waals surface area contributed by atoms with Crippen LogP contribution in [-0.4, -0.2) is 26.2 Å². The molecule has 0 aliphatic carbocycles. The first kappa shape index (κ1) is 18.1. The smallest absolute Gasteiger partial charge is 0.234 e. The summed E-state index contributed by atoms with van der Waals surface area (Å²) in [4.78, 5) is 11.4. The van der Waals surface area contributed by atoms with E-state index < -0.39 is 0 Å². The minimum Gasteiger partial charge on any atom is -0.497 e. The molecular formula is C19H20N2O4. The zero-order valence-corrected chi connectivity index (χ0v) is 14.0. The van der Waals surface area contributed by atoms with E-state index in [1.54, 1.807) is 13.2 Å². The second-order valence-corrected chi connectivity index (χ2v) is 5.10. The molecule has 0 aliphatic rings. The molecule has 0 aliphatic heterocycles. The molecule has 6 heteroatoms. The van der Waals surface area contributed by atoms with Gasteiger partial charge in [-0.1, -0.05) is 24.3 Å². The summed E-state index contributed by atoms with van der Waals surface area (Å²) >= 11 is 0. The predicted molar refractivity (Wildman–Crippen MR) is 92.5 cm³/mol. The number of benzene rings is 2. The molecule has 2 aromatic rings. The molecule has 1 N–H and O–H groups in total. The van der Waals surface area contributed by atoms with Gasteiger partial charge >= 0.3 is 0 Å². The van der Waals surface area contributed by atoms with Crippen LogP contribution in [0.25, 0.3) is 0 Å². The van der Waals surface area contributed by atoms with Crippen LogP contribution in [0.15, 0.2) is 48.5 Å². The average molecular weight is 340 g/mol. The molecule has 6 nitrogen and oxygen atoms in total. The molecular weight excluding hydrogens is 320 g/mol. The van der Waals surface area contributed by atoms with Crippen LogP contribution in [0.4, 0.5) is 0 Å². The van der Waals surface area contributed by atoms with Gasteiger partial charge in [0.25, 0.3) is 0 Å². The SMILES string of the molecule is COc1cccc(OCCOc2ccccc2CNC(=O)CC#N)c1. The van der Waals surface area contributed by atoms with Gasteiger partial charge in [0.15, 0.2) is 0 Å². The van der Waals surface area contributed by atoms with Crippen molar-refractivity contribution in [2.75, 3.05) is 20.3 Å². The maximum absolute atomic E-state index is 11.4. The standard InChI is InChI=1S/C19H20N2O4/c1-23-16-6-4-7-17(13-16)24-11-12-25-18-8-3-2-5-15(18)14-21-19(22)9-10-20/h2-8,13H,9,11-12,14H2,1H3,(H,21,22). The Balaban J connectivity index is 1.82. The van der Waals surface area contributed by atoms with Gasteiger partial charge < -0.3 is 19.5 Å². The van der Waals surface area contributed by atoms with Crippen molar-refractivity contribution in [1.82, 2.24) is 5.32 Å². The lowest BCUT2D eigenvalue weighted by Gasteiger charge is -2.13. The van der Waals surface area contributed by atoms with E-state index >= 15 is 0 Å². The van der Waals surface area contributed by atoms with Gasteiger partial charge in [-0.15, -0.1) is 0 Å². The summed E-state index contributed by atoms with van der Waals surface area (Å²) in [5.41, 5.74) is 0.843. The highest BCUT2D eigenvalue weighted by Gasteiger charge is 2.06. The molecule has 0 atom stereocenters. The number of nitrogens with zero attached hydrogens (tertiary/aromatic N) is 1. The van der Waals surface area contributed by atoms with Crippen LogP contribution < -0.4 is 19.5 Å². The molecule has 2 aromatic carbocycles. The molecule has 1 amide bonds. The molecule has 0 bridgehead atoms. The lowest BCUT2D eigenvalue weighted by atomic mass is 10.2. The molecule has 0 unspecified atom stereocenters. The molecule has 2 rings (SSSR count). The number of carbonyl (C=O) groups excluding carboxylic acids is 1. The Morgan fingerprint density at radius 2 is 1.84 bits per heavy atom. The van der Waals surface area contributed by atoms with Crippen LogP contribution in [0, 0.1) is 11.3 Å². The lowest BCUT2D eigenvalue weighted by molar-refractivity contribution is -0.120. The van der Waals surface area contributed by atoms with E-state index in [4.69, 9.17) is 19.5 Å². The largest absolute Gasteiger partial charge is 0.497 e. The Bertz CT molecular complexity index is 740. The fourth-order valence-electron chi connectivity index (χ4n) is 2.12. The lowest BCUT2D eigenvalue weighted by Crippen LogP contribution is -2.22. The summed E-state index contributed by atoms with van der Waals surface area (Å²) in [7, 11) is 1.61. The third-order valence-electron chi connectivity index (χ3n) is 3.34. The number of nitriles is 1. The van der Waals surface area contributed by atoms with Crippen molar-refractivity contribution in [3.8, 4) is 23.3 Å². The summed E-state index contributed by atoms with van der Waals surface area (Å²) in [6.07, 6.45) is -0.155. The summed E-state index contributed by atoms with van der Waals surface area (Å²) in [5.74, 6) is 1.81. The third-order valence-corrected chi connectivity index (χ3v) is 3.34. The number of hydrogen-bond donors (Lipinski definition) is 1. The molecule has 0 fully saturated rings. The first-order valence-electron chi connectivity index (χ1n) is 7.84. The summed E-state index contributed by atoms with van der Waals surface area (Å²) in [6, 6.07) is 16.6. The maximum atomic E-state index is 11.4. The zero-order valence-electron chi connectivity index (χ0n) is 14.0. The van der Waals surface area contributed by atoms with Crippen molar-refractivity contribution in [1.29, 1.82) is 5.26 Å². The first-order valence-corrected chi connectivity index (χ1v) is 7.84. The molecule has 0 saturated heterocycles. The number of amides is 1. The van der Waals surface area contributed by atoms with Gasteiger partial charge in [0.2, 0.25) is 5.91 Å². The summed E-state index contributed by atoms with van der Waals surface area (Å²) in [5, 5.41) is 11.2. The highest BCUT2D eigenvalue weighted by molar-refractivity contribution is 5.78. The molecule has 0 aromatic heterocycles. The van der Waals surface area contributed by atoms with E-state index in [-0.39, 0.29) is 12.3 Å². The number of hydrogen-bond acceptors (Lipinski definition) is 5. The third kappa shape index (κ3) is 6.07. The summed E-state index contributed by atoms with van der Waals surface area (Å²) < 4.78 is 16.5. The van der Waals surface area contributed by atoms with Crippen LogP contribution in [-0.2, 0) is 11.3 Å². The van der Waals surface area contributed by atoms with E-state index in [0.29, 0.717) is 31.3 Å². The highest BCUT2D eigenvalue weighted by Crippen LogP contribution is 2.20. The van der Waals surface area contributed by atoms with Crippen molar-refractivity contribution in [3.63, 3.8) is 0 Å². The Kier molecular flexibility index (Phi) is 7.13. The Morgan fingerprint density at radius 1 is 1.08 bits per heavy atom. The van der Waals surface area contributed by atoms with Gasteiger partial charge in [0.05, 0.1) is 13.2 Å². The number of rotatable bonds is 9. The van der Waals surface area contributed by atoms with Crippen LogP contribution in [0.5, 0.6) is 17.2 Å². The molecule has 0 spiro atoms. The minimum absolute atomic E-state index is 0.155. The van der Waals surface area contributed by atoms with E-state index in [0.717, 1.165) is 11.3 Å². The number of ether oxygens (including phenoxy) is 3. The number of para-hydroxylation sites is 1. The molecule has 0 heterocycles. The molecule has 0 radical (unpaired) electrons. The predicted octanol–water partition coefficient (Wildman–Crippen LogP) is 2.68. The second-order valence-electron chi connectivity index (χ2n) is 5.10. The number of methoxy groups -OCH3 is 1. The Hall–Kier alpha value is -3.20. The quantitative estimate of drug-likeness (QED) is 0.710. The Labute approximate surface area is 146 Å². The van der Waals surface area contributed by atoms with Crippen LogP contribution in [0.2, 0.25) is 0 Å². The minimum atomic E-state index is -0.307. The summed E-state index contributed by atoms with van der Waals surface area (Å²) in [6.45, 7) is 1.05. The Morgan fingerprint density at radius 3 is 2.64 bits per heavy atom. The van der Waals surface area contributed by atoms with Crippen LogP contribution in [0.3, 0.4) is 0 Å². The van der Waals surface area contributed by atoms with Crippen molar-refractivity contribution in [2.24, 2.45) is 0 Å². The van der Waals surface area contributed by atoms with Crippen LogP contribution in [0.1, 0.15) is 12.0 Å². The number of carbonyl (C=O) groups is 1. The maximum Gasteiger partial charge on any atom is 0.234 e. The van der Waals surface area contributed by atoms with E-state index in [1.165, 1.54) is 0 Å². The normalized spacial score (nSPS) is 9.76. The first-order chi connectivity index (χ1) is 12.2. The fraction of sp³-hybridized carbons (Fsp3) is 0.263. The zero-order chi connectivity index (χ0) is 17.9. The van der Waals surface area contributed by atoms with Gasteiger partial charge in [-0.05, 0) is 18.2 Å². The van der Waals surface area contributed by atoms with Gasteiger partial charge in [-0.3, -0.25) is 4.79 Å². The van der Waals surface area contributed by atoms with Gasteiger partial charge in [-0.2, -0.15) is 5.26 Å². The molecule has 130 valence electrons. The van der Waals surface area contributed by atoms with Gasteiger partial charge in [0.1, 0.15) is 36.9 Å². The molecule has 25 heavy (non-hydrogen) atoms. The van der Waals surface area contributed by atoms with Crippen LogP contribution >= 0.6 is 0 Å².